The SMILES string of the molecule is CCOC(=O)NCC1(C)CCCC1. The van der Waals surface area contributed by atoms with Crippen molar-refractivity contribution < 1.29 is 9.53 Å². The Morgan fingerprint density at radius 1 is 1.46 bits per heavy atom. The number of hydrogen-bond donors (Lipinski definition) is 1. The fourth-order valence-electron chi connectivity index (χ4n) is 1.87. The van der Waals surface area contributed by atoms with Gasteiger partial charge < -0.3 is 10.1 Å². The third kappa shape index (κ3) is 3.25. The number of amides is 1. The molecule has 1 aliphatic rings. The minimum absolute atomic E-state index is 0.282. The van der Waals surface area contributed by atoms with Crippen molar-refractivity contribution >= 4 is 6.09 Å². The average molecular weight is 185 g/mol. The van der Waals surface area contributed by atoms with Crippen molar-refractivity contribution in [3.05, 3.63) is 0 Å². The molecular formula is C10H19NO2. The molecule has 3 nitrogen and oxygen atoms in total. The van der Waals surface area contributed by atoms with Crippen LogP contribution in [0, 0.1) is 5.41 Å². The largest absolute Gasteiger partial charge is 0.450 e. The van der Waals surface area contributed by atoms with Gasteiger partial charge in [-0.1, -0.05) is 19.8 Å². The Balaban J connectivity index is 2.21. The summed E-state index contributed by atoms with van der Waals surface area (Å²) in [4.78, 5) is 11.0. The fraction of sp³-hybridized carbons (Fsp3) is 0.900. The maximum absolute atomic E-state index is 11.0. The molecule has 13 heavy (non-hydrogen) atoms. The van der Waals surface area contributed by atoms with E-state index in [4.69, 9.17) is 4.74 Å². The van der Waals surface area contributed by atoms with Crippen molar-refractivity contribution in [1.29, 1.82) is 0 Å². The molecule has 0 aromatic heterocycles. The van der Waals surface area contributed by atoms with Crippen LogP contribution in [0.2, 0.25) is 0 Å². The molecule has 0 aromatic carbocycles. The second-order valence-corrected chi connectivity index (χ2v) is 4.09. The molecule has 1 N–H and O–H groups in total. The number of carbonyl (C=O) groups excluding carboxylic acids is 1. The first kappa shape index (κ1) is 10.4. The molecule has 0 aliphatic heterocycles. The molecule has 0 atom stereocenters. The van der Waals surface area contributed by atoms with Gasteiger partial charge in [0.05, 0.1) is 6.61 Å². The van der Waals surface area contributed by atoms with E-state index >= 15 is 0 Å². The lowest BCUT2D eigenvalue weighted by Crippen LogP contribution is -2.34. The average Bonchev–Trinajstić information content (AvgIpc) is 2.51. The Morgan fingerprint density at radius 3 is 2.62 bits per heavy atom. The van der Waals surface area contributed by atoms with Crippen molar-refractivity contribution in [1.82, 2.24) is 5.32 Å². The number of rotatable bonds is 3. The van der Waals surface area contributed by atoms with E-state index in [-0.39, 0.29) is 6.09 Å². The topological polar surface area (TPSA) is 38.3 Å². The molecule has 0 saturated heterocycles. The summed E-state index contributed by atoms with van der Waals surface area (Å²) in [6, 6.07) is 0. The van der Waals surface area contributed by atoms with E-state index in [1.807, 2.05) is 6.92 Å². The molecule has 1 aliphatic carbocycles. The minimum Gasteiger partial charge on any atom is -0.450 e. The van der Waals surface area contributed by atoms with Crippen LogP contribution in [0.1, 0.15) is 39.5 Å². The van der Waals surface area contributed by atoms with Gasteiger partial charge in [0.1, 0.15) is 0 Å². The summed E-state index contributed by atoms with van der Waals surface area (Å²) in [6.07, 6.45) is 4.75. The molecule has 0 heterocycles. The van der Waals surface area contributed by atoms with Gasteiger partial charge in [-0.2, -0.15) is 0 Å². The van der Waals surface area contributed by atoms with Gasteiger partial charge in [0.15, 0.2) is 0 Å². The van der Waals surface area contributed by atoms with Gasteiger partial charge in [0.25, 0.3) is 0 Å². The molecule has 0 aromatic rings. The van der Waals surface area contributed by atoms with Gasteiger partial charge >= 0.3 is 6.09 Å². The van der Waals surface area contributed by atoms with Crippen LogP contribution in [-0.4, -0.2) is 19.2 Å². The molecule has 0 radical (unpaired) electrons. The summed E-state index contributed by atoms with van der Waals surface area (Å²) in [7, 11) is 0. The Hall–Kier alpha value is -0.730. The molecule has 3 heteroatoms. The van der Waals surface area contributed by atoms with E-state index in [2.05, 4.69) is 12.2 Å². The first-order valence-corrected chi connectivity index (χ1v) is 5.07. The van der Waals surface area contributed by atoms with Gasteiger partial charge in [-0.25, -0.2) is 4.79 Å². The van der Waals surface area contributed by atoms with Crippen LogP contribution in [0.4, 0.5) is 4.79 Å². The number of hydrogen-bond acceptors (Lipinski definition) is 2. The minimum atomic E-state index is -0.282. The van der Waals surface area contributed by atoms with Crippen molar-refractivity contribution in [2.75, 3.05) is 13.2 Å². The van der Waals surface area contributed by atoms with E-state index in [0.717, 1.165) is 6.54 Å². The number of ether oxygens (including phenoxy) is 1. The van der Waals surface area contributed by atoms with Crippen LogP contribution in [0.25, 0.3) is 0 Å². The predicted molar refractivity (Wildman–Crippen MR) is 51.6 cm³/mol. The van der Waals surface area contributed by atoms with Crippen LogP contribution in [0.5, 0.6) is 0 Å². The highest BCUT2D eigenvalue weighted by atomic mass is 16.5. The number of nitrogens with one attached hydrogen (secondary N) is 1. The fourth-order valence-corrected chi connectivity index (χ4v) is 1.87. The summed E-state index contributed by atoms with van der Waals surface area (Å²) >= 11 is 0. The molecule has 1 fully saturated rings. The van der Waals surface area contributed by atoms with Gasteiger partial charge in [-0.05, 0) is 25.2 Å². The third-order valence-electron chi connectivity index (χ3n) is 2.75. The van der Waals surface area contributed by atoms with Crippen LogP contribution < -0.4 is 5.32 Å². The highest BCUT2D eigenvalue weighted by Crippen LogP contribution is 2.36. The monoisotopic (exact) mass is 185 g/mol. The summed E-state index contributed by atoms with van der Waals surface area (Å²) in [5.41, 5.74) is 0.312. The molecule has 76 valence electrons. The van der Waals surface area contributed by atoms with E-state index in [9.17, 15) is 4.79 Å². The van der Waals surface area contributed by atoms with Gasteiger partial charge in [0.2, 0.25) is 0 Å². The van der Waals surface area contributed by atoms with Crippen molar-refractivity contribution in [3.63, 3.8) is 0 Å². The zero-order valence-corrected chi connectivity index (χ0v) is 8.56. The summed E-state index contributed by atoms with van der Waals surface area (Å²) < 4.78 is 4.80. The Bertz CT molecular complexity index is 174. The smallest absolute Gasteiger partial charge is 0.407 e. The lowest BCUT2D eigenvalue weighted by Gasteiger charge is -2.23. The van der Waals surface area contributed by atoms with Crippen LogP contribution in [0.3, 0.4) is 0 Å². The zero-order valence-electron chi connectivity index (χ0n) is 8.56. The van der Waals surface area contributed by atoms with E-state index in [1.165, 1.54) is 25.7 Å². The Kier molecular flexibility index (Phi) is 3.58. The first-order valence-electron chi connectivity index (χ1n) is 5.07. The first-order chi connectivity index (χ1) is 6.16. The standard InChI is InChI=1S/C10H19NO2/c1-3-13-9(12)11-8-10(2)6-4-5-7-10/h3-8H2,1-2H3,(H,11,12). The highest BCUT2D eigenvalue weighted by molar-refractivity contribution is 5.67. The molecule has 0 unspecified atom stereocenters. The molecule has 0 spiro atoms. The van der Waals surface area contributed by atoms with E-state index < -0.39 is 0 Å². The van der Waals surface area contributed by atoms with Gasteiger partial charge in [0, 0.05) is 6.54 Å². The number of carbonyl (C=O) groups is 1. The van der Waals surface area contributed by atoms with Crippen LogP contribution in [0.15, 0.2) is 0 Å². The lowest BCUT2D eigenvalue weighted by molar-refractivity contribution is 0.146. The van der Waals surface area contributed by atoms with E-state index in [1.54, 1.807) is 0 Å². The maximum Gasteiger partial charge on any atom is 0.407 e. The highest BCUT2D eigenvalue weighted by Gasteiger charge is 2.28. The second kappa shape index (κ2) is 4.49. The van der Waals surface area contributed by atoms with Gasteiger partial charge in [-0.15, -0.1) is 0 Å². The van der Waals surface area contributed by atoms with Crippen LogP contribution in [-0.2, 0) is 4.74 Å². The van der Waals surface area contributed by atoms with Gasteiger partial charge in [-0.3, -0.25) is 0 Å². The molecule has 1 saturated carbocycles. The summed E-state index contributed by atoms with van der Waals surface area (Å²) in [5, 5.41) is 2.80. The normalized spacial score (nSPS) is 19.8. The Labute approximate surface area is 79.8 Å². The molecule has 1 amide bonds. The van der Waals surface area contributed by atoms with Crippen molar-refractivity contribution in [2.45, 2.75) is 39.5 Å². The maximum atomic E-state index is 11.0. The predicted octanol–water partition coefficient (Wildman–Crippen LogP) is 2.31. The quantitative estimate of drug-likeness (QED) is 0.732. The second-order valence-electron chi connectivity index (χ2n) is 4.09. The van der Waals surface area contributed by atoms with Crippen molar-refractivity contribution in [2.24, 2.45) is 5.41 Å². The number of alkyl carbamates (subject to hydrolysis) is 1. The zero-order chi connectivity index (χ0) is 9.73. The third-order valence-corrected chi connectivity index (χ3v) is 2.75. The molecule has 0 bridgehead atoms. The van der Waals surface area contributed by atoms with E-state index in [0.29, 0.717) is 12.0 Å². The lowest BCUT2D eigenvalue weighted by atomic mass is 9.89. The Morgan fingerprint density at radius 2 is 2.08 bits per heavy atom. The molecule has 1 rings (SSSR count). The van der Waals surface area contributed by atoms with Crippen LogP contribution >= 0.6 is 0 Å². The summed E-state index contributed by atoms with van der Waals surface area (Å²) in [6.45, 7) is 5.25. The summed E-state index contributed by atoms with van der Waals surface area (Å²) in [5.74, 6) is 0. The molecular weight excluding hydrogens is 166 g/mol. The van der Waals surface area contributed by atoms with Crippen molar-refractivity contribution in [3.8, 4) is 0 Å².